The van der Waals surface area contributed by atoms with E-state index in [-0.39, 0.29) is 47.9 Å². The van der Waals surface area contributed by atoms with Gasteiger partial charge in [-0.15, -0.1) is 0 Å². The Morgan fingerprint density at radius 1 is 0.952 bits per heavy atom. The van der Waals surface area contributed by atoms with Crippen LogP contribution in [0.15, 0.2) is 96.1 Å². The maximum Gasteiger partial charge on any atom is 0.273 e. The van der Waals surface area contributed by atoms with Gasteiger partial charge in [0, 0.05) is 48.3 Å². The molecule has 0 fully saturated rings. The summed E-state index contributed by atoms with van der Waals surface area (Å²) < 4.78 is 24.3. The predicted octanol–water partition coefficient (Wildman–Crippen LogP) is 3.20. The average molecular weight is 584 g/mol. The second-order valence-electron chi connectivity index (χ2n) is 9.79. The molecule has 0 saturated heterocycles. The molecule has 0 bridgehead atoms. The predicted molar refractivity (Wildman–Crippen MR) is 162 cm³/mol. The van der Waals surface area contributed by atoms with Crippen molar-refractivity contribution in [3.05, 3.63) is 113 Å². The molecule has 3 aromatic heterocycles. The third-order valence-electron chi connectivity index (χ3n) is 6.59. The van der Waals surface area contributed by atoms with E-state index in [0.29, 0.717) is 27.9 Å². The Morgan fingerprint density at radius 2 is 1.64 bits per heavy atom. The molecule has 3 heterocycles. The number of rotatable bonds is 10. The summed E-state index contributed by atoms with van der Waals surface area (Å²) in [5.74, 6) is -1.25. The fraction of sp³-hybridized carbons (Fsp3) is 0.161. The fourth-order valence-corrected chi connectivity index (χ4v) is 5.17. The van der Waals surface area contributed by atoms with E-state index in [1.54, 1.807) is 35.2 Å². The summed E-state index contributed by atoms with van der Waals surface area (Å²) in [7, 11) is -3.21. The average Bonchev–Trinajstić information content (AvgIpc) is 2.99. The van der Waals surface area contributed by atoms with Gasteiger partial charge in [0.2, 0.25) is 0 Å². The number of pyridine rings is 3. The van der Waals surface area contributed by atoms with Crippen LogP contribution in [0.25, 0.3) is 33.3 Å². The monoisotopic (exact) mass is 583 g/mol. The molecule has 0 radical (unpaired) electrons. The van der Waals surface area contributed by atoms with Gasteiger partial charge in [-0.2, -0.15) is 0 Å². The summed E-state index contributed by atoms with van der Waals surface area (Å²) in [5, 5.41) is 17.2. The lowest BCUT2D eigenvalue weighted by Gasteiger charge is -2.19. The summed E-state index contributed by atoms with van der Waals surface area (Å²) in [5.41, 5.74) is 2.60. The molecule has 0 aliphatic carbocycles. The van der Waals surface area contributed by atoms with E-state index in [1.165, 1.54) is 0 Å². The Bertz CT molecular complexity index is 1900. The van der Waals surface area contributed by atoms with Crippen molar-refractivity contribution >= 4 is 26.6 Å². The second-order valence-corrected chi connectivity index (χ2v) is 11.9. The summed E-state index contributed by atoms with van der Waals surface area (Å²) in [4.78, 5) is 36.2. The third kappa shape index (κ3) is 6.37. The van der Waals surface area contributed by atoms with Gasteiger partial charge in [0.05, 0.1) is 23.6 Å². The van der Waals surface area contributed by atoms with E-state index in [1.807, 2.05) is 60.7 Å². The van der Waals surface area contributed by atoms with Crippen molar-refractivity contribution in [2.24, 2.45) is 0 Å². The van der Waals surface area contributed by atoms with E-state index >= 15 is 0 Å². The molecule has 0 aliphatic rings. The SMILES string of the molecule is CS(=O)(=O)CNCCNC(=O)c1nc(-c2cccnc2)c2c(cc(-c3ccccc3)c(=O)n2Cc2ccccc2)c1O. The molecule has 0 saturated carbocycles. The number of hydrogen-bond acceptors (Lipinski definition) is 8. The molecule has 214 valence electrons. The van der Waals surface area contributed by atoms with Crippen molar-refractivity contribution < 1.29 is 18.3 Å². The van der Waals surface area contributed by atoms with Crippen LogP contribution in [0.4, 0.5) is 0 Å². The smallest absolute Gasteiger partial charge is 0.273 e. The summed E-state index contributed by atoms with van der Waals surface area (Å²) >= 11 is 0. The standard InChI is InChI=1S/C31H29N5O5S/c1-42(40,41)20-33-15-16-34-30(38)27-29(37)25-17-24(22-11-6-3-7-12-22)31(39)36(19-21-9-4-2-5-10-21)28(25)26(35-27)23-13-8-14-32-18-23/h2-14,17-18,33,37H,15-16,19-20H2,1H3,(H,34,38). The first-order valence-corrected chi connectivity index (χ1v) is 15.3. The van der Waals surface area contributed by atoms with Gasteiger partial charge in [-0.1, -0.05) is 60.7 Å². The van der Waals surface area contributed by atoms with Crippen molar-refractivity contribution in [2.75, 3.05) is 25.2 Å². The lowest BCUT2D eigenvalue weighted by molar-refractivity contribution is 0.0946. The zero-order valence-electron chi connectivity index (χ0n) is 22.8. The fourth-order valence-electron chi connectivity index (χ4n) is 4.66. The summed E-state index contributed by atoms with van der Waals surface area (Å²) in [6.07, 6.45) is 4.29. The quantitative estimate of drug-likeness (QED) is 0.213. The van der Waals surface area contributed by atoms with Crippen molar-refractivity contribution in [3.63, 3.8) is 0 Å². The van der Waals surface area contributed by atoms with Crippen LogP contribution in [-0.4, -0.2) is 59.2 Å². The number of hydrogen-bond donors (Lipinski definition) is 3. The number of amides is 1. The van der Waals surface area contributed by atoms with Crippen molar-refractivity contribution in [2.45, 2.75) is 6.54 Å². The normalized spacial score (nSPS) is 11.5. The number of aromatic nitrogens is 3. The van der Waals surface area contributed by atoms with Gasteiger partial charge >= 0.3 is 0 Å². The maximum atomic E-state index is 14.1. The van der Waals surface area contributed by atoms with E-state index in [0.717, 1.165) is 11.8 Å². The van der Waals surface area contributed by atoms with Gasteiger partial charge in [-0.25, -0.2) is 13.4 Å². The Hall–Kier alpha value is -4.87. The van der Waals surface area contributed by atoms with Crippen LogP contribution < -0.4 is 16.2 Å². The second kappa shape index (κ2) is 12.3. The maximum absolute atomic E-state index is 14.1. The van der Waals surface area contributed by atoms with Crippen LogP contribution in [0.3, 0.4) is 0 Å². The molecule has 2 aromatic carbocycles. The zero-order chi connectivity index (χ0) is 29.7. The van der Waals surface area contributed by atoms with Gasteiger partial charge in [-0.05, 0) is 29.3 Å². The highest BCUT2D eigenvalue weighted by atomic mass is 32.2. The van der Waals surface area contributed by atoms with Crippen LogP contribution in [0.1, 0.15) is 16.1 Å². The lowest BCUT2D eigenvalue weighted by atomic mass is 10.0. The van der Waals surface area contributed by atoms with E-state index in [2.05, 4.69) is 20.6 Å². The first kappa shape index (κ1) is 28.7. The van der Waals surface area contributed by atoms with Crippen molar-refractivity contribution in [1.82, 2.24) is 25.2 Å². The minimum atomic E-state index is -3.21. The molecule has 3 N–H and O–H groups in total. The van der Waals surface area contributed by atoms with Gasteiger partial charge < -0.3 is 20.3 Å². The van der Waals surface area contributed by atoms with Crippen LogP contribution in [-0.2, 0) is 16.4 Å². The minimum Gasteiger partial charge on any atom is -0.505 e. The summed E-state index contributed by atoms with van der Waals surface area (Å²) in [6, 6.07) is 23.7. The number of nitrogens with zero attached hydrogens (tertiary/aromatic N) is 3. The Morgan fingerprint density at radius 3 is 2.31 bits per heavy atom. The van der Waals surface area contributed by atoms with Crippen LogP contribution in [0.5, 0.6) is 5.75 Å². The molecule has 0 aliphatic heterocycles. The highest BCUT2D eigenvalue weighted by Gasteiger charge is 2.24. The van der Waals surface area contributed by atoms with Crippen LogP contribution >= 0.6 is 0 Å². The van der Waals surface area contributed by atoms with Gasteiger partial charge in [0.15, 0.2) is 21.3 Å². The first-order valence-electron chi connectivity index (χ1n) is 13.2. The highest BCUT2D eigenvalue weighted by molar-refractivity contribution is 7.90. The molecule has 0 unspecified atom stereocenters. The third-order valence-corrected chi connectivity index (χ3v) is 7.32. The van der Waals surface area contributed by atoms with Gasteiger partial charge in [0.1, 0.15) is 0 Å². The number of carbonyl (C=O) groups is 1. The van der Waals surface area contributed by atoms with Crippen molar-refractivity contribution in [3.8, 4) is 28.1 Å². The molecule has 5 rings (SSSR count). The largest absolute Gasteiger partial charge is 0.505 e. The molecule has 10 nitrogen and oxygen atoms in total. The number of benzene rings is 2. The molecule has 1 amide bonds. The van der Waals surface area contributed by atoms with Crippen LogP contribution in [0.2, 0.25) is 0 Å². The number of fused-ring (bicyclic) bond motifs is 1. The Labute approximate surface area is 242 Å². The molecule has 11 heteroatoms. The topological polar surface area (TPSA) is 143 Å². The number of carbonyl (C=O) groups excluding carboxylic acids is 1. The van der Waals surface area contributed by atoms with Crippen molar-refractivity contribution in [1.29, 1.82) is 0 Å². The Balaban J connectivity index is 1.70. The van der Waals surface area contributed by atoms with E-state index in [4.69, 9.17) is 0 Å². The lowest BCUT2D eigenvalue weighted by Crippen LogP contribution is -2.34. The highest BCUT2D eigenvalue weighted by Crippen LogP contribution is 2.36. The van der Waals surface area contributed by atoms with E-state index < -0.39 is 15.7 Å². The zero-order valence-corrected chi connectivity index (χ0v) is 23.6. The molecule has 42 heavy (non-hydrogen) atoms. The Kier molecular flexibility index (Phi) is 8.41. The van der Waals surface area contributed by atoms with Gasteiger partial charge in [0.25, 0.3) is 11.5 Å². The van der Waals surface area contributed by atoms with Gasteiger partial charge in [-0.3, -0.25) is 14.6 Å². The molecule has 0 spiro atoms. The summed E-state index contributed by atoms with van der Waals surface area (Å²) in [6.45, 7) is 0.485. The number of sulfone groups is 1. The van der Waals surface area contributed by atoms with E-state index in [9.17, 15) is 23.1 Å². The van der Waals surface area contributed by atoms with Crippen LogP contribution in [0, 0.1) is 0 Å². The first-order chi connectivity index (χ1) is 20.2. The molecule has 5 aromatic rings. The number of aromatic hydroxyl groups is 1. The molecule has 0 atom stereocenters. The number of nitrogens with one attached hydrogen (secondary N) is 2. The molecular formula is C31H29N5O5S. The minimum absolute atomic E-state index is 0.0957. The molecular weight excluding hydrogens is 554 g/mol.